The van der Waals surface area contributed by atoms with Gasteiger partial charge in [0.1, 0.15) is 0 Å². The van der Waals surface area contributed by atoms with Gasteiger partial charge in [-0.25, -0.2) is 13.1 Å². The van der Waals surface area contributed by atoms with E-state index in [0.29, 0.717) is 24.3 Å². The number of sulfonamides is 1. The van der Waals surface area contributed by atoms with Crippen molar-refractivity contribution in [3.05, 3.63) is 70.9 Å². The minimum Gasteiger partial charge on any atom is -0.361 e. The van der Waals surface area contributed by atoms with Crippen LogP contribution in [-0.4, -0.2) is 25.7 Å². The molecule has 0 saturated heterocycles. The molecule has 0 fully saturated rings. The summed E-state index contributed by atoms with van der Waals surface area (Å²) in [6.45, 7) is 0.214. The van der Waals surface area contributed by atoms with E-state index < -0.39 is 10.0 Å². The molecule has 7 heteroatoms. The van der Waals surface area contributed by atoms with Crippen molar-refractivity contribution in [1.29, 1.82) is 5.26 Å². The van der Waals surface area contributed by atoms with Crippen LogP contribution in [0, 0.1) is 11.3 Å². The molecule has 0 aliphatic heterocycles. The van der Waals surface area contributed by atoms with Gasteiger partial charge in [0.05, 0.1) is 11.8 Å². The van der Waals surface area contributed by atoms with E-state index in [-0.39, 0.29) is 18.2 Å². The van der Waals surface area contributed by atoms with Gasteiger partial charge in [0.2, 0.25) is 10.0 Å². The summed E-state index contributed by atoms with van der Waals surface area (Å²) < 4.78 is 27.6. The molecule has 28 heavy (non-hydrogen) atoms. The fourth-order valence-corrected chi connectivity index (χ4v) is 4.72. The molecule has 1 atom stereocenters. The van der Waals surface area contributed by atoms with Crippen LogP contribution in [0.2, 0.25) is 5.02 Å². The Morgan fingerprint density at radius 2 is 1.82 bits per heavy atom. The van der Waals surface area contributed by atoms with Crippen molar-refractivity contribution in [3.8, 4) is 6.07 Å². The number of para-hydroxylation sites is 1. The molecule has 3 aromatic rings. The number of benzene rings is 2. The van der Waals surface area contributed by atoms with Crippen molar-refractivity contribution in [1.82, 2.24) is 9.71 Å². The van der Waals surface area contributed by atoms with Crippen LogP contribution in [0.5, 0.6) is 0 Å². The largest absolute Gasteiger partial charge is 0.361 e. The molecule has 5 nitrogen and oxygen atoms in total. The van der Waals surface area contributed by atoms with Crippen molar-refractivity contribution in [3.63, 3.8) is 0 Å². The minimum absolute atomic E-state index is 0.0117. The van der Waals surface area contributed by atoms with Crippen LogP contribution < -0.4 is 4.72 Å². The third-order valence-electron chi connectivity index (χ3n) is 4.74. The van der Waals surface area contributed by atoms with Crippen LogP contribution in [-0.2, 0) is 10.0 Å². The normalized spacial score (nSPS) is 12.7. The number of nitrogens with zero attached hydrogens (tertiary/aromatic N) is 1. The van der Waals surface area contributed by atoms with Gasteiger partial charge in [0, 0.05) is 41.0 Å². The predicted octanol–water partition coefficient (Wildman–Crippen LogP) is 4.57. The molecule has 3 rings (SSSR count). The molecular formula is C21H22ClN3O2S. The molecule has 0 spiro atoms. The zero-order chi connectivity index (χ0) is 20.0. The van der Waals surface area contributed by atoms with Gasteiger partial charge in [-0.05, 0) is 36.1 Å². The highest BCUT2D eigenvalue weighted by molar-refractivity contribution is 7.89. The number of nitriles is 1. The summed E-state index contributed by atoms with van der Waals surface area (Å²) in [6.07, 6.45) is 3.33. The standard InChI is InChI=1S/C21H22ClN3O2S/c22-20-10-4-2-8-16(20)19(15-25-28(26,27)13-7-1-6-12-23)18-14-24-21-11-5-3-9-17(18)21/h2-5,8-11,14,19,24-25H,1,6-7,13,15H2. The van der Waals surface area contributed by atoms with E-state index >= 15 is 0 Å². The third-order valence-corrected chi connectivity index (χ3v) is 6.51. The van der Waals surface area contributed by atoms with Gasteiger partial charge >= 0.3 is 0 Å². The highest BCUT2D eigenvalue weighted by Gasteiger charge is 2.22. The molecule has 2 aromatic carbocycles. The SMILES string of the molecule is N#CCCCCS(=O)(=O)NCC(c1ccccc1Cl)c1c[nH]c2ccccc12. The van der Waals surface area contributed by atoms with E-state index in [9.17, 15) is 8.42 Å². The van der Waals surface area contributed by atoms with Crippen LogP contribution in [0.25, 0.3) is 10.9 Å². The lowest BCUT2D eigenvalue weighted by molar-refractivity contribution is 0.573. The van der Waals surface area contributed by atoms with Gasteiger partial charge in [-0.15, -0.1) is 0 Å². The number of hydrogen-bond donors (Lipinski definition) is 2. The van der Waals surface area contributed by atoms with Crippen LogP contribution in [0.4, 0.5) is 0 Å². The minimum atomic E-state index is -3.43. The highest BCUT2D eigenvalue weighted by Crippen LogP contribution is 2.34. The fourth-order valence-electron chi connectivity index (χ4n) is 3.31. The Morgan fingerprint density at radius 1 is 1.07 bits per heavy atom. The van der Waals surface area contributed by atoms with E-state index in [4.69, 9.17) is 16.9 Å². The molecule has 0 radical (unpaired) electrons. The van der Waals surface area contributed by atoms with Crippen LogP contribution in [0.15, 0.2) is 54.7 Å². The summed E-state index contributed by atoms with van der Waals surface area (Å²) in [6, 6.07) is 17.5. The van der Waals surface area contributed by atoms with E-state index in [1.54, 1.807) is 0 Å². The van der Waals surface area contributed by atoms with Gasteiger partial charge in [0.15, 0.2) is 0 Å². The molecule has 0 bridgehead atoms. The number of fused-ring (bicyclic) bond motifs is 1. The number of aromatic amines is 1. The maximum absolute atomic E-state index is 12.4. The number of hydrogen-bond acceptors (Lipinski definition) is 3. The maximum Gasteiger partial charge on any atom is 0.211 e. The van der Waals surface area contributed by atoms with Crippen molar-refractivity contribution in [2.45, 2.75) is 25.2 Å². The summed E-state index contributed by atoms with van der Waals surface area (Å²) in [5.74, 6) is -0.212. The quantitative estimate of drug-likeness (QED) is 0.502. The first-order chi connectivity index (χ1) is 13.5. The van der Waals surface area contributed by atoms with E-state index in [1.807, 2.05) is 60.8 Å². The summed E-state index contributed by atoms with van der Waals surface area (Å²) in [4.78, 5) is 3.25. The molecule has 0 amide bonds. The maximum atomic E-state index is 12.4. The Bertz CT molecular complexity index is 1090. The van der Waals surface area contributed by atoms with Crippen molar-refractivity contribution in [2.75, 3.05) is 12.3 Å². The average Bonchev–Trinajstić information content (AvgIpc) is 3.11. The van der Waals surface area contributed by atoms with E-state index in [1.165, 1.54) is 0 Å². The third kappa shape index (κ3) is 4.93. The van der Waals surface area contributed by atoms with Gasteiger partial charge < -0.3 is 4.98 Å². The molecule has 2 N–H and O–H groups in total. The Hall–Kier alpha value is -2.33. The van der Waals surface area contributed by atoms with Gasteiger partial charge in [-0.2, -0.15) is 5.26 Å². The zero-order valence-electron chi connectivity index (χ0n) is 15.4. The second-order valence-electron chi connectivity index (χ2n) is 6.65. The summed E-state index contributed by atoms with van der Waals surface area (Å²) >= 11 is 6.44. The van der Waals surface area contributed by atoms with Crippen LogP contribution in [0.3, 0.4) is 0 Å². The number of halogens is 1. The molecule has 1 unspecified atom stereocenters. The van der Waals surface area contributed by atoms with Crippen LogP contribution in [0.1, 0.15) is 36.3 Å². The lowest BCUT2D eigenvalue weighted by atomic mass is 9.91. The van der Waals surface area contributed by atoms with E-state index in [2.05, 4.69) is 9.71 Å². The van der Waals surface area contributed by atoms with Crippen molar-refractivity contribution in [2.24, 2.45) is 0 Å². The summed E-state index contributed by atoms with van der Waals surface area (Å²) in [5, 5.41) is 10.2. The Balaban J connectivity index is 1.86. The molecule has 1 heterocycles. The van der Waals surface area contributed by atoms with Gasteiger partial charge in [-0.3, -0.25) is 0 Å². The molecule has 0 aliphatic carbocycles. The van der Waals surface area contributed by atoms with Crippen molar-refractivity contribution < 1.29 is 8.42 Å². The van der Waals surface area contributed by atoms with E-state index in [0.717, 1.165) is 22.0 Å². The Labute approximate surface area is 170 Å². The first-order valence-corrected chi connectivity index (χ1v) is 11.2. The van der Waals surface area contributed by atoms with Gasteiger partial charge in [-0.1, -0.05) is 48.0 Å². The topological polar surface area (TPSA) is 85.8 Å². The monoisotopic (exact) mass is 415 g/mol. The smallest absolute Gasteiger partial charge is 0.211 e. The van der Waals surface area contributed by atoms with Crippen molar-refractivity contribution >= 4 is 32.5 Å². The fraction of sp³-hybridized carbons (Fsp3) is 0.286. The highest BCUT2D eigenvalue weighted by atomic mass is 35.5. The number of nitrogens with one attached hydrogen (secondary N) is 2. The number of rotatable bonds is 9. The average molecular weight is 416 g/mol. The van der Waals surface area contributed by atoms with Gasteiger partial charge in [0.25, 0.3) is 0 Å². The van der Waals surface area contributed by atoms with Crippen LogP contribution >= 0.6 is 11.6 Å². The number of aromatic nitrogens is 1. The molecule has 0 aliphatic rings. The summed E-state index contributed by atoms with van der Waals surface area (Å²) in [7, 11) is -3.43. The lowest BCUT2D eigenvalue weighted by Gasteiger charge is -2.19. The Morgan fingerprint density at radius 3 is 2.61 bits per heavy atom. The molecule has 1 aromatic heterocycles. The second-order valence-corrected chi connectivity index (χ2v) is 8.98. The molecular weight excluding hydrogens is 394 g/mol. The Kier molecular flexibility index (Phi) is 6.74. The lowest BCUT2D eigenvalue weighted by Crippen LogP contribution is -2.31. The number of H-pyrrole nitrogens is 1. The zero-order valence-corrected chi connectivity index (χ0v) is 16.9. The first kappa shape index (κ1) is 20.4. The number of unbranched alkanes of at least 4 members (excludes halogenated alkanes) is 2. The second kappa shape index (κ2) is 9.24. The summed E-state index contributed by atoms with van der Waals surface area (Å²) in [5.41, 5.74) is 2.87. The molecule has 0 saturated carbocycles. The predicted molar refractivity (Wildman–Crippen MR) is 113 cm³/mol. The molecule has 146 valence electrons. The first-order valence-electron chi connectivity index (χ1n) is 9.16.